The number of urea groups is 1. The number of fused-ring (bicyclic) bond motifs is 2. The van der Waals surface area contributed by atoms with E-state index in [1.165, 1.54) is 12.8 Å². The maximum Gasteiger partial charge on any atom is 0.317 e. The Morgan fingerprint density at radius 2 is 2.17 bits per heavy atom. The van der Waals surface area contributed by atoms with Crippen LogP contribution in [-0.2, 0) is 0 Å². The summed E-state index contributed by atoms with van der Waals surface area (Å²) in [6.45, 7) is 4.17. The summed E-state index contributed by atoms with van der Waals surface area (Å²) >= 11 is 0. The topological polar surface area (TPSA) is 76.0 Å². The first-order chi connectivity index (χ1) is 11.4. The smallest absolute Gasteiger partial charge is 0.317 e. The van der Waals surface area contributed by atoms with E-state index in [2.05, 4.69) is 17.1 Å². The molecule has 3 fully saturated rings. The third-order valence-corrected chi connectivity index (χ3v) is 6.77. The van der Waals surface area contributed by atoms with Crippen LogP contribution >= 0.6 is 0 Å². The zero-order valence-electron chi connectivity index (χ0n) is 15.1. The van der Waals surface area contributed by atoms with E-state index < -0.39 is 5.60 Å². The lowest BCUT2D eigenvalue weighted by Gasteiger charge is -2.33. The van der Waals surface area contributed by atoms with E-state index in [1.807, 2.05) is 11.9 Å². The van der Waals surface area contributed by atoms with Crippen LogP contribution in [0, 0.1) is 11.8 Å². The Kier molecular flexibility index (Phi) is 5.37. The summed E-state index contributed by atoms with van der Waals surface area (Å²) in [6, 6.07) is 0.430. The molecule has 1 saturated heterocycles. The van der Waals surface area contributed by atoms with E-state index in [4.69, 9.17) is 5.11 Å². The number of likely N-dealkylation sites (N-methyl/N-ethyl adjacent to an activating group) is 1. The van der Waals surface area contributed by atoms with Crippen molar-refractivity contribution in [3.8, 4) is 0 Å². The highest BCUT2D eigenvalue weighted by Crippen LogP contribution is 2.51. The van der Waals surface area contributed by atoms with Gasteiger partial charge in [-0.3, -0.25) is 4.90 Å². The molecule has 0 spiro atoms. The van der Waals surface area contributed by atoms with Gasteiger partial charge in [0.25, 0.3) is 0 Å². The first-order valence-electron chi connectivity index (χ1n) is 9.52. The lowest BCUT2D eigenvalue weighted by molar-refractivity contribution is -0.0195. The van der Waals surface area contributed by atoms with E-state index in [1.54, 1.807) is 0 Å². The molecule has 2 bridgehead atoms. The Morgan fingerprint density at radius 3 is 2.79 bits per heavy atom. The molecule has 2 saturated carbocycles. The van der Waals surface area contributed by atoms with Crippen molar-refractivity contribution in [1.82, 2.24) is 15.1 Å². The highest BCUT2D eigenvalue weighted by molar-refractivity contribution is 5.75. The van der Waals surface area contributed by atoms with Crippen LogP contribution in [0.5, 0.6) is 0 Å². The summed E-state index contributed by atoms with van der Waals surface area (Å²) in [5, 5.41) is 22.9. The van der Waals surface area contributed by atoms with Gasteiger partial charge in [-0.05, 0) is 64.3 Å². The maximum atomic E-state index is 12.5. The molecule has 3 aliphatic rings. The summed E-state index contributed by atoms with van der Waals surface area (Å²) in [4.78, 5) is 16.5. The van der Waals surface area contributed by atoms with Crippen molar-refractivity contribution in [2.75, 3.05) is 33.3 Å². The standard InChI is InChI=1S/C18H33N3O3/c1-13-16(20(2)9-10-22)5-8-21(13)17(23)19-7-6-18(24)12-14-3-4-15(18)11-14/h13-16,22,24H,3-12H2,1-2H3,(H,19,23)/t13-,14?,15?,16-,18?/m1/s1. The van der Waals surface area contributed by atoms with Crippen molar-refractivity contribution in [3.05, 3.63) is 0 Å². The molecule has 0 aromatic carbocycles. The van der Waals surface area contributed by atoms with Crippen molar-refractivity contribution in [2.45, 2.75) is 63.1 Å². The number of carbonyl (C=O) groups is 1. The van der Waals surface area contributed by atoms with Gasteiger partial charge < -0.3 is 20.4 Å². The molecule has 24 heavy (non-hydrogen) atoms. The first kappa shape index (κ1) is 18.0. The van der Waals surface area contributed by atoms with Crippen molar-refractivity contribution in [2.24, 2.45) is 11.8 Å². The second-order valence-electron chi connectivity index (χ2n) is 8.16. The highest BCUT2D eigenvalue weighted by atomic mass is 16.3. The Hall–Kier alpha value is -0.850. The number of hydrogen-bond donors (Lipinski definition) is 3. The number of carbonyl (C=O) groups excluding carboxylic acids is 1. The van der Waals surface area contributed by atoms with Crippen molar-refractivity contribution >= 4 is 6.03 Å². The van der Waals surface area contributed by atoms with Crippen molar-refractivity contribution in [3.63, 3.8) is 0 Å². The lowest BCUT2D eigenvalue weighted by atomic mass is 9.82. The van der Waals surface area contributed by atoms with Crippen molar-refractivity contribution in [1.29, 1.82) is 0 Å². The number of rotatable bonds is 6. The first-order valence-corrected chi connectivity index (χ1v) is 9.52. The summed E-state index contributed by atoms with van der Waals surface area (Å²) in [6.07, 6.45) is 6.13. The largest absolute Gasteiger partial charge is 0.395 e. The number of aliphatic hydroxyl groups excluding tert-OH is 1. The van der Waals surface area contributed by atoms with Crippen molar-refractivity contribution < 1.29 is 15.0 Å². The van der Waals surface area contributed by atoms with Gasteiger partial charge in [-0.1, -0.05) is 0 Å². The molecule has 138 valence electrons. The van der Waals surface area contributed by atoms with Gasteiger partial charge in [0.15, 0.2) is 0 Å². The van der Waals surface area contributed by atoms with E-state index >= 15 is 0 Å². The average Bonchev–Trinajstić information content (AvgIpc) is 3.21. The van der Waals surface area contributed by atoms with E-state index in [-0.39, 0.29) is 18.7 Å². The van der Waals surface area contributed by atoms with Crippen LogP contribution in [0.25, 0.3) is 0 Å². The molecule has 2 aliphatic carbocycles. The third kappa shape index (κ3) is 3.41. The molecule has 3 unspecified atom stereocenters. The SMILES string of the molecule is C[C@@H]1[C@H](N(C)CCO)CCN1C(=O)NCCC1(O)CC2CCC1C2. The van der Waals surface area contributed by atoms with Gasteiger partial charge in [-0.2, -0.15) is 0 Å². The van der Waals surface area contributed by atoms with Gasteiger partial charge in [-0.15, -0.1) is 0 Å². The predicted molar refractivity (Wildman–Crippen MR) is 92.7 cm³/mol. The van der Waals surface area contributed by atoms with Crippen LogP contribution in [0.4, 0.5) is 4.79 Å². The maximum absolute atomic E-state index is 12.5. The van der Waals surface area contributed by atoms with Gasteiger partial charge in [-0.25, -0.2) is 4.79 Å². The van der Waals surface area contributed by atoms with Crippen LogP contribution in [-0.4, -0.2) is 77.0 Å². The van der Waals surface area contributed by atoms with E-state index in [0.717, 1.165) is 25.8 Å². The molecule has 0 aromatic rings. The fraction of sp³-hybridized carbons (Fsp3) is 0.944. The monoisotopic (exact) mass is 339 g/mol. The molecule has 3 rings (SSSR count). The normalized spacial score (nSPS) is 38.3. The molecule has 6 nitrogen and oxygen atoms in total. The van der Waals surface area contributed by atoms with Crippen LogP contribution in [0.3, 0.4) is 0 Å². The van der Waals surface area contributed by atoms with Crippen LogP contribution in [0.1, 0.15) is 45.4 Å². The van der Waals surface area contributed by atoms with Crippen LogP contribution in [0.15, 0.2) is 0 Å². The number of hydrogen-bond acceptors (Lipinski definition) is 4. The molecule has 0 radical (unpaired) electrons. The minimum atomic E-state index is -0.545. The number of nitrogens with zero attached hydrogens (tertiary/aromatic N) is 2. The fourth-order valence-corrected chi connectivity index (χ4v) is 5.33. The predicted octanol–water partition coefficient (Wildman–Crippen LogP) is 1.02. The highest BCUT2D eigenvalue weighted by Gasteiger charge is 2.49. The van der Waals surface area contributed by atoms with Gasteiger partial charge in [0.2, 0.25) is 0 Å². The Labute approximate surface area is 145 Å². The lowest BCUT2D eigenvalue weighted by Crippen LogP contribution is -2.48. The zero-order chi connectivity index (χ0) is 17.3. The number of nitrogens with one attached hydrogen (secondary N) is 1. The summed E-state index contributed by atoms with van der Waals surface area (Å²) in [7, 11) is 2.00. The molecule has 0 aromatic heterocycles. The molecular formula is C18H33N3O3. The number of aliphatic hydroxyl groups is 2. The molecule has 2 amide bonds. The minimum Gasteiger partial charge on any atom is -0.395 e. The quantitative estimate of drug-likeness (QED) is 0.675. The summed E-state index contributed by atoms with van der Waals surface area (Å²) in [5.41, 5.74) is -0.545. The Bertz CT molecular complexity index is 461. The van der Waals surface area contributed by atoms with Gasteiger partial charge in [0.05, 0.1) is 12.2 Å². The summed E-state index contributed by atoms with van der Waals surface area (Å²) in [5.74, 6) is 1.15. The molecule has 1 heterocycles. The van der Waals surface area contributed by atoms with Gasteiger partial charge in [0.1, 0.15) is 0 Å². The molecule has 5 atom stereocenters. The number of likely N-dealkylation sites (tertiary alicyclic amines) is 1. The average molecular weight is 339 g/mol. The second kappa shape index (κ2) is 7.18. The van der Waals surface area contributed by atoms with E-state index in [9.17, 15) is 9.90 Å². The fourth-order valence-electron chi connectivity index (χ4n) is 5.33. The molecular weight excluding hydrogens is 306 g/mol. The Morgan fingerprint density at radius 1 is 1.38 bits per heavy atom. The van der Waals surface area contributed by atoms with Crippen LogP contribution in [0.2, 0.25) is 0 Å². The van der Waals surface area contributed by atoms with Gasteiger partial charge >= 0.3 is 6.03 Å². The molecule has 1 aliphatic heterocycles. The zero-order valence-corrected chi connectivity index (χ0v) is 15.1. The Balaban J connectivity index is 1.44. The van der Waals surface area contributed by atoms with Gasteiger partial charge in [0, 0.05) is 31.7 Å². The number of amides is 2. The van der Waals surface area contributed by atoms with Crippen LogP contribution < -0.4 is 5.32 Å². The third-order valence-electron chi connectivity index (χ3n) is 6.77. The molecule has 6 heteroatoms. The van der Waals surface area contributed by atoms with E-state index in [0.29, 0.717) is 37.4 Å². The molecule has 3 N–H and O–H groups in total. The minimum absolute atomic E-state index is 0.0193. The second-order valence-corrected chi connectivity index (χ2v) is 8.16. The summed E-state index contributed by atoms with van der Waals surface area (Å²) < 4.78 is 0.